The Kier molecular flexibility index (Phi) is 5.63. The molecule has 3 N–H and O–H groups in total. The Hall–Kier alpha value is -2.32. The number of sulfonamides is 1. The number of thiocarbonyl (C=S) groups is 1. The fourth-order valence-corrected chi connectivity index (χ4v) is 2.78. The van der Waals surface area contributed by atoms with Crippen LogP contribution in [0.5, 0.6) is 5.75 Å². The number of rotatable bonds is 5. The van der Waals surface area contributed by atoms with Crippen LogP contribution in [-0.4, -0.2) is 26.9 Å². The zero-order valence-electron chi connectivity index (χ0n) is 13.6. The first-order valence-electron chi connectivity index (χ1n) is 7.07. The first-order valence-corrected chi connectivity index (χ1v) is 9.37. The van der Waals surface area contributed by atoms with Gasteiger partial charge in [-0.25, -0.2) is 8.42 Å². The summed E-state index contributed by atoms with van der Waals surface area (Å²) in [5.74, 6) is 0.759. The predicted molar refractivity (Wildman–Crippen MR) is 102 cm³/mol. The zero-order valence-corrected chi connectivity index (χ0v) is 15.2. The Morgan fingerprint density at radius 1 is 1.04 bits per heavy atom. The van der Waals surface area contributed by atoms with Gasteiger partial charge in [0.1, 0.15) is 5.75 Å². The number of methoxy groups -OCH3 is 1. The normalized spacial score (nSPS) is 10.8. The summed E-state index contributed by atoms with van der Waals surface area (Å²) in [6.07, 6.45) is 1.11. The van der Waals surface area contributed by atoms with Crippen molar-refractivity contribution < 1.29 is 13.2 Å². The molecule has 0 aromatic heterocycles. The summed E-state index contributed by atoms with van der Waals surface area (Å²) >= 11 is 5.30. The Balaban J connectivity index is 2.08. The van der Waals surface area contributed by atoms with E-state index in [1.807, 2.05) is 37.3 Å². The smallest absolute Gasteiger partial charge is 0.229 e. The third kappa shape index (κ3) is 5.39. The van der Waals surface area contributed by atoms with Gasteiger partial charge < -0.3 is 15.4 Å². The molecular formula is C16H19N3O3S2. The van der Waals surface area contributed by atoms with Crippen molar-refractivity contribution in [1.82, 2.24) is 0 Å². The van der Waals surface area contributed by atoms with E-state index in [0.29, 0.717) is 10.8 Å². The highest BCUT2D eigenvalue weighted by atomic mass is 32.2. The van der Waals surface area contributed by atoms with E-state index in [0.717, 1.165) is 28.9 Å². The molecule has 0 amide bonds. The highest BCUT2D eigenvalue weighted by molar-refractivity contribution is 7.92. The Morgan fingerprint density at radius 3 is 2.25 bits per heavy atom. The second-order valence-corrected chi connectivity index (χ2v) is 7.37. The van der Waals surface area contributed by atoms with Gasteiger partial charge in [-0.15, -0.1) is 0 Å². The number of nitrogens with one attached hydrogen (secondary N) is 3. The van der Waals surface area contributed by atoms with Crippen LogP contribution in [0.2, 0.25) is 0 Å². The summed E-state index contributed by atoms with van der Waals surface area (Å²) < 4.78 is 30.2. The molecule has 0 aliphatic heterocycles. The van der Waals surface area contributed by atoms with Crippen LogP contribution < -0.4 is 20.1 Å². The highest BCUT2D eigenvalue weighted by Crippen LogP contribution is 2.22. The van der Waals surface area contributed by atoms with E-state index >= 15 is 0 Å². The minimum absolute atomic E-state index is 0.403. The maximum Gasteiger partial charge on any atom is 0.229 e. The van der Waals surface area contributed by atoms with E-state index in [2.05, 4.69) is 15.4 Å². The number of hydrogen-bond donors (Lipinski definition) is 3. The number of hydrogen-bond acceptors (Lipinski definition) is 4. The van der Waals surface area contributed by atoms with Gasteiger partial charge in [0.15, 0.2) is 5.11 Å². The van der Waals surface area contributed by atoms with Gasteiger partial charge in [-0.3, -0.25) is 4.72 Å². The Labute approximate surface area is 147 Å². The summed E-state index contributed by atoms with van der Waals surface area (Å²) in [6.45, 7) is 1.91. The molecule has 8 heteroatoms. The molecule has 0 saturated carbocycles. The third-order valence-corrected chi connectivity index (χ3v) is 3.95. The lowest BCUT2D eigenvalue weighted by Gasteiger charge is -2.14. The lowest BCUT2D eigenvalue weighted by molar-refractivity contribution is 0.415. The van der Waals surface area contributed by atoms with Crippen LogP contribution in [0.1, 0.15) is 5.56 Å². The summed E-state index contributed by atoms with van der Waals surface area (Å²) in [6, 6.07) is 12.5. The van der Waals surface area contributed by atoms with Gasteiger partial charge >= 0.3 is 0 Å². The van der Waals surface area contributed by atoms with E-state index in [1.54, 1.807) is 19.2 Å². The van der Waals surface area contributed by atoms with Crippen molar-refractivity contribution in [3.8, 4) is 5.75 Å². The van der Waals surface area contributed by atoms with Gasteiger partial charge in [-0.2, -0.15) is 0 Å². The van der Waals surface area contributed by atoms with Crippen LogP contribution in [0, 0.1) is 6.92 Å². The molecule has 0 bridgehead atoms. The second-order valence-electron chi connectivity index (χ2n) is 5.21. The van der Waals surface area contributed by atoms with Crippen molar-refractivity contribution in [3.63, 3.8) is 0 Å². The SMILES string of the molecule is COc1ccc(NC(=S)Nc2cc(NS(C)(=O)=O)ccc2C)cc1. The fraction of sp³-hybridized carbons (Fsp3) is 0.188. The van der Waals surface area contributed by atoms with Crippen molar-refractivity contribution in [2.45, 2.75) is 6.92 Å². The van der Waals surface area contributed by atoms with E-state index in [9.17, 15) is 8.42 Å². The van der Waals surface area contributed by atoms with Crippen molar-refractivity contribution >= 4 is 44.4 Å². The third-order valence-electron chi connectivity index (χ3n) is 3.14. The summed E-state index contributed by atoms with van der Waals surface area (Å²) in [4.78, 5) is 0. The minimum Gasteiger partial charge on any atom is -0.497 e. The molecule has 0 saturated heterocycles. The molecule has 0 aliphatic rings. The Morgan fingerprint density at radius 2 is 1.67 bits per heavy atom. The van der Waals surface area contributed by atoms with E-state index in [1.165, 1.54) is 0 Å². The van der Waals surface area contributed by atoms with Gasteiger partial charge in [0.05, 0.1) is 19.1 Å². The minimum atomic E-state index is -3.33. The van der Waals surface area contributed by atoms with Gasteiger partial charge in [0.25, 0.3) is 0 Å². The average molecular weight is 365 g/mol. The molecule has 0 radical (unpaired) electrons. The molecule has 0 aliphatic carbocycles. The van der Waals surface area contributed by atoms with Gasteiger partial charge in [0, 0.05) is 11.4 Å². The van der Waals surface area contributed by atoms with Crippen LogP contribution in [0.15, 0.2) is 42.5 Å². The number of benzene rings is 2. The lowest BCUT2D eigenvalue weighted by atomic mass is 10.2. The van der Waals surface area contributed by atoms with Gasteiger partial charge in [-0.1, -0.05) is 6.07 Å². The number of aryl methyl sites for hydroxylation is 1. The highest BCUT2D eigenvalue weighted by Gasteiger charge is 2.07. The maximum atomic E-state index is 11.3. The van der Waals surface area contributed by atoms with Crippen LogP contribution in [0.3, 0.4) is 0 Å². The lowest BCUT2D eigenvalue weighted by Crippen LogP contribution is -2.20. The molecular weight excluding hydrogens is 346 g/mol. The molecule has 0 unspecified atom stereocenters. The largest absolute Gasteiger partial charge is 0.497 e. The maximum absolute atomic E-state index is 11.3. The monoisotopic (exact) mass is 365 g/mol. The molecule has 0 fully saturated rings. The van der Waals surface area contributed by atoms with Crippen LogP contribution in [0.4, 0.5) is 17.1 Å². The predicted octanol–water partition coefficient (Wildman–Crippen LogP) is 3.18. The fourth-order valence-electron chi connectivity index (χ4n) is 1.99. The molecule has 2 rings (SSSR count). The van der Waals surface area contributed by atoms with Crippen molar-refractivity contribution in [1.29, 1.82) is 0 Å². The van der Waals surface area contributed by atoms with E-state index < -0.39 is 10.0 Å². The van der Waals surface area contributed by atoms with E-state index in [4.69, 9.17) is 17.0 Å². The zero-order chi connectivity index (χ0) is 17.7. The molecule has 24 heavy (non-hydrogen) atoms. The van der Waals surface area contributed by atoms with E-state index in [-0.39, 0.29) is 0 Å². The molecule has 6 nitrogen and oxygen atoms in total. The quantitative estimate of drug-likeness (QED) is 0.706. The second kappa shape index (κ2) is 7.50. The van der Waals surface area contributed by atoms with Gasteiger partial charge in [0.2, 0.25) is 10.0 Å². The Bertz CT molecular complexity index is 834. The van der Waals surface area contributed by atoms with Crippen LogP contribution in [0.25, 0.3) is 0 Å². The number of ether oxygens (including phenoxy) is 1. The molecule has 0 spiro atoms. The summed E-state index contributed by atoms with van der Waals surface area (Å²) in [5, 5.41) is 6.53. The van der Waals surface area contributed by atoms with Crippen molar-refractivity contribution in [3.05, 3.63) is 48.0 Å². The van der Waals surface area contributed by atoms with Gasteiger partial charge in [-0.05, 0) is 61.1 Å². The molecule has 2 aromatic rings. The average Bonchev–Trinajstić information content (AvgIpc) is 2.50. The standard InChI is InChI=1S/C16H19N3O3S2/c1-11-4-5-13(19-24(3,20)21)10-15(11)18-16(23)17-12-6-8-14(22-2)9-7-12/h4-10,19H,1-3H3,(H2,17,18,23). The van der Waals surface area contributed by atoms with Crippen molar-refractivity contribution in [2.24, 2.45) is 0 Å². The van der Waals surface area contributed by atoms with Crippen molar-refractivity contribution in [2.75, 3.05) is 28.7 Å². The summed E-state index contributed by atoms with van der Waals surface area (Å²) in [7, 11) is -1.72. The van der Waals surface area contributed by atoms with Crippen LogP contribution >= 0.6 is 12.2 Å². The first kappa shape index (κ1) is 18.0. The summed E-state index contributed by atoms with van der Waals surface area (Å²) in [5.41, 5.74) is 2.94. The van der Waals surface area contributed by atoms with Crippen LogP contribution in [-0.2, 0) is 10.0 Å². The topological polar surface area (TPSA) is 79.5 Å². The molecule has 2 aromatic carbocycles. The first-order chi connectivity index (χ1) is 11.3. The molecule has 0 heterocycles. The number of anilines is 3. The molecule has 128 valence electrons. The molecule has 0 atom stereocenters.